The molecule has 0 bridgehead atoms. The van der Waals surface area contributed by atoms with E-state index in [-0.39, 0.29) is 0 Å². The number of likely N-dealkylation sites (N-methyl/N-ethyl adjacent to an activating group) is 1. The van der Waals surface area contributed by atoms with Gasteiger partial charge in [-0.05, 0) is 31.6 Å². The molecule has 1 aliphatic heterocycles. The molecule has 1 unspecified atom stereocenters. The summed E-state index contributed by atoms with van der Waals surface area (Å²) in [5.41, 5.74) is 1.26. The van der Waals surface area contributed by atoms with Crippen molar-refractivity contribution in [2.45, 2.75) is 19.3 Å². The molecule has 0 amide bonds. The van der Waals surface area contributed by atoms with Crippen molar-refractivity contribution in [1.82, 2.24) is 9.88 Å². The molecule has 1 saturated heterocycles. The first-order valence-electron chi connectivity index (χ1n) is 5.03. The van der Waals surface area contributed by atoms with Gasteiger partial charge in [0.2, 0.25) is 0 Å². The lowest BCUT2D eigenvalue weighted by atomic mass is 10.0. The molecule has 2 nitrogen and oxygen atoms in total. The van der Waals surface area contributed by atoms with Gasteiger partial charge in [0.05, 0.1) is 0 Å². The molecule has 0 saturated carbocycles. The predicted molar refractivity (Wildman–Crippen MR) is 53.7 cm³/mol. The molecule has 1 atom stereocenters. The largest absolute Gasteiger partial charge is 0.303 e. The van der Waals surface area contributed by atoms with E-state index < -0.39 is 0 Å². The molecule has 2 heterocycles. The lowest BCUT2D eigenvalue weighted by Crippen LogP contribution is -2.19. The summed E-state index contributed by atoms with van der Waals surface area (Å²) in [6.07, 6.45) is 3.16. The van der Waals surface area contributed by atoms with Crippen molar-refractivity contribution in [2.75, 3.05) is 19.6 Å². The van der Waals surface area contributed by atoms with Crippen LogP contribution in [0.2, 0.25) is 0 Å². The first-order chi connectivity index (χ1) is 6.40. The number of likely N-dealkylation sites (tertiary alicyclic amines) is 1. The average Bonchev–Trinajstić information content (AvgIpc) is 2.67. The topological polar surface area (TPSA) is 16.1 Å². The summed E-state index contributed by atoms with van der Waals surface area (Å²) in [6, 6.07) is 6.21. The van der Waals surface area contributed by atoms with Crippen LogP contribution in [0.5, 0.6) is 0 Å². The van der Waals surface area contributed by atoms with Gasteiger partial charge in [-0.15, -0.1) is 0 Å². The van der Waals surface area contributed by atoms with Crippen LogP contribution in [-0.2, 0) is 0 Å². The molecule has 2 heteroatoms. The Morgan fingerprint density at radius 3 is 3.08 bits per heavy atom. The third kappa shape index (κ3) is 1.89. The van der Waals surface area contributed by atoms with Gasteiger partial charge < -0.3 is 4.90 Å². The standard InChI is InChI=1S/C11H16N2/c1-2-13-8-6-10(9-13)11-5-3-4-7-12-11/h3-5,7,10H,2,6,8-9H2,1H3. The molecule has 0 spiro atoms. The van der Waals surface area contributed by atoms with E-state index in [0.29, 0.717) is 5.92 Å². The highest BCUT2D eigenvalue weighted by Gasteiger charge is 2.22. The van der Waals surface area contributed by atoms with E-state index in [1.807, 2.05) is 12.3 Å². The maximum absolute atomic E-state index is 4.40. The van der Waals surface area contributed by atoms with Crippen LogP contribution in [0.1, 0.15) is 25.0 Å². The fourth-order valence-electron chi connectivity index (χ4n) is 1.98. The molecule has 0 aromatic carbocycles. The Balaban J connectivity index is 2.04. The highest BCUT2D eigenvalue weighted by atomic mass is 15.1. The van der Waals surface area contributed by atoms with Crippen LogP contribution < -0.4 is 0 Å². The number of hydrogen-bond donors (Lipinski definition) is 0. The smallest absolute Gasteiger partial charge is 0.0447 e. The van der Waals surface area contributed by atoms with Crippen molar-refractivity contribution in [3.8, 4) is 0 Å². The van der Waals surface area contributed by atoms with Gasteiger partial charge >= 0.3 is 0 Å². The summed E-state index contributed by atoms with van der Waals surface area (Å²) >= 11 is 0. The Morgan fingerprint density at radius 1 is 1.54 bits per heavy atom. The normalized spacial score (nSPS) is 23.6. The van der Waals surface area contributed by atoms with Crippen LogP contribution in [-0.4, -0.2) is 29.5 Å². The van der Waals surface area contributed by atoms with Gasteiger partial charge in [0.15, 0.2) is 0 Å². The molecular formula is C11H16N2. The monoisotopic (exact) mass is 176 g/mol. The summed E-state index contributed by atoms with van der Waals surface area (Å²) < 4.78 is 0. The lowest BCUT2D eigenvalue weighted by Gasteiger charge is -2.12. The molecule has 0 radical (unpaired) electrons. The third-order valence-corrected chi connectivity index (χ3v) is 2.83. The van der Waals surface area contributed by atoms with E-state index in [4.69, 9.17) is 0 Å². The molecule has 1 aliphatic rings. The quantitative estimate of drug-likeness (QED) is 0.684. The molecule has 2 rings (SSSR count). The van der Waals surface area contributed by atoms with Crippen molar-refractivity contribution >= 4 is 0 Å². The van der Waals surface area contributed by atoms with E-state index in [9.17, 15) is 0 Å². The van der Waals surface area contributed by atoms with Crippen molar-refractivity contribution in [3.05, 3.63) is 30.1 Å². The van der Waals surface area contributed by atoms with Crippen LogP contribution in [0.3, 0.4) is 0 Å². The van der Waals surface area contributed by atoms with Crippen molar-refractivity contribution < 1.29 is 0 Å². The molecule has 1 aromatic rings. The van der Waals surface area contributed by atoms with Crippen molar-refractivity contribution in [3.63, 3.8) is 0 Å². The Labute approximate surface area is 79.6 Å². The Hall–Kier alpha value is -0.890. The van der Waals surface area contributed by atoms with Crippen LogP contribution in [0, 0.1) is 0 Å². The van der Waals surface area contributed by atoms with Crippen LogP contribution in [0.15, 0.2) is 24.4 Å². The second-order valence-electron chi connectivity index (χ2n) is 3.63. The third-order valence-electron chi connectivity index (χ3n) is 2.83. The Morgan fingerprint density at radius 2 is 2.46 bits per heavy atom. The molecule has 1 aromatic heterocycles. The molecular weight excluding hydrogens is 160 g/mol. The van der Waals surface area contributed by atoms with E-state index in [2.05, 4.69) is 28.9 Å². The summed E-state index contributed by atoms with van der Waals surface area (Å²) in [5, 5.41) is 0. The van der Waals surface area contributed by atoms with E-state index in [1.165, 1.54) is 31.7 Å². The first-order valence-corrected chi connectivity index (χ1v) is 5.03. The molecule has 13 heavy (non-hydrogen) atoms. The van der Waals surface area contributed by atoms with Gasteiger partial charge in [-0.25, -0.2) is 0 Å². The van der Waals surface area contributed by atoms with Gasteiger partial charge in [-0.2, -0.15) is 0 Å². The number of pyridine rings is 1. The number of rotatable bonds is 2. The number of hydrogen-bond acceptors (Lipinski definition) is 2. The first kappa shape index (κ1) is 8.70. The second-order valence-corrected chi connectivity index (χ2v) is 3.63. The maximum Gasteiger partial charge on any atom is 0.0447 e. The maximum atomic E-state index is 4.40. The van der Waals surface area contributed by atoms with Crippen LogP contribution >= 0.6 is 0 Å². The molecule has 0 aliphatic carbocycles. The summed E-state index contributed by atoms with van der Waals surface area (Å²) in [5.74, 6) is 0.668. The SMILES string of the molecule is CCN1CCC(c2ccccn2)C1. The molecule has 1 fully saturated rings. The highest BCUT2D eigenvalue weighted by molar-refractivity contribution is 5.11. The minimum absolute atomic E-state index is 0.668. The van der Waals surface area contributed by atoms with Crippen LogP contribution in [0.4, 0.5) is 0 Å². The van der Waals surface area contributed by atoms with Gasteiger partial charge in [0.1, 0.15) is 0 Å². The summed E-state index contributed by atoms with van der Waals surface area (Å²) in [7, 11) is 0. The second kappa shape index (κ2) is 3.88. The number of aromatic nitrogens is 1. The van der Waals surface area contributed by atoms with Gasteiger partial charge in [-0.3, -0.25) is 4.98 Å². The van der Waals surface area contributed by atoms with Crippen LogP contribution in [0.25, 0.3) is 0 Å². The predicted octanol–water partition coefficient (Wildman–Crippen LogP) is 1.89. The van der Waals surface area contributed by atoms with E-state index >= 15 is 0 Å². The Bertz CT molecular complexity index is 258. The van der Waals surface area contributed by atoms with Crippen molar-refractivity contribution in [1.29, 1.82) is 0 Å². The molecule has 70 valence electrons. The van der Waals surface area contributed by atoms with Crippen molar-refractivity contribution in [2.24, 2.45) is 0 Å². The molecule has 0 N–H and O–H groups in total. The zero-order valence-electron chi connectivity index (χ0n) is 8.11. The summed E-state index contributed by atoms with van der Waals surface area (Å²) in [4.78, 5) is 6.89. The van der Waals surface area contributed by atoms with E-state index in [0.717, 1.165) is 0 Å². The minimum Gasteiger partial charge on any atom is -0.303 e. The minimum atomic E-state index is 0.668. The fourth-order valence-corrected chi connectivity index (χ4v) is 1.98. The highest BCUT2D eigenvalue weighted by Crippen LogP contribution is 2.24. The van der Waals surface area contributed by atoms with Gasteiger partial charge in [-0.1, -0.05) is 13.0 Å². The average molecular weight is 176 g/mol. The van der Waals surface area contributed by atoms with Gasteiger partial charge in [0, 0.05) is 24.4 Å². The zero-order chi connectivity index (χ0) is 9.10. The zero-order valence-corrected chi connectivity index (χ0v) is 8.11. The summed E-state index contributed by atoms with van der Waals surface area (Å²) in [6.45, 7) is 5.81. The number of nitrogens with zero attached hydrogens (tertiary/aromatic N) is 2. The Kier molecular flexibility index (Phi) is 2.60. The van der Waals surface area contributed by atoms with Gasteiger partial charge in [0.25, 0.3) is 0 Å². The van der Waals surface area contributed by atoms with E-state index in [1.54, 1.807) is 0 Å². The lowest BCUT2D eigenvalue weighted by molar-refractivity contribution is 0.353. The fraction of sp³-hybridized carbons (Fsp3) is 0.545.